The molecule has 0 saturated carbocycles. The third-order valence-electron chi connectivity index (χ3n) is 1.67. The van der Waals surface area contributed by atoms with Gasteiger partial charge in [0.15, 0.2) is 5.75 Å². The van der Waals surface area contributed by atoms with E-state index in [1.807, 2.05) is 0 Å². The van der Waals surface area contributed by atoms with Crippen LogP contribution in [0.2, 0.25) is 5.02 Å². The van der Waals surface area contributed by atoms with Gasteiger partial charge >= 0.3 is 5.97 Å². The number of hydrogen-bond acceptors (Lipinski definition) is 3. The zero-order chi connectivity index (χ0) is 10.6. The van der Waals surface area contributed by atoms with Gasteiger partial charge in [-0.15, -0.1) is 0 Å². The van der Waals surface area contributed by atoms with E-state index in [0.717, 1.165) is 0 Å². The van der Waals surface area contributed by atoms with Gasteiger partial charge in [-0.2, -0.15) is 0 Å². The molecule has 0 fully saturated rings. The van der Waals surface area contributed by atoms with Crippen LogP contribution in [0.3, 0.4) is 0 Å². The fourth-order valence-corrected chi connectivity index (χ4v) is 1.34. The van der Waals surface area contributed by atoms with Crippen molar-refractivity contribution >= 4 is 17.6 Å². The molecule has 0 spiro atoms. The highest BCUT2D eigenvalue weighted by Crippen LogP contribution is 2.28. The van der Waals surface area contributed by atoms with Gasteiger partial charge in [-0.3, -0.25) is 0 Å². The minimum Gasteiger partial charge on any atom is -0.494 e. The van der Waals surface area contributed by atoms with Gasteiger partial charge in [0, 0.05) is 0 Å². The molecule has 0 aromatic heterocycles. The highest BCUT2D eigenvalue weighted by Gasteiger charge is 2.15. The summed E-state index contributed by atoms with van der Waals surface area (Å²) >= 11 is 5.84. The second kappa shape index (κ2) is 4.86. The molecule has 0 aliphatic rings. The summed E-state index contributed by atoms with van der Waals surface area (Å²) in [4.78, 5) is 11.4. The van der Waals surface area contributed by atoms with Gasteiger partial charge in [-0.05, 0) is 19.1 Å². The molecule has 14 heavy (non-hydrogen) atoms. The molecule has 1 aromatic carbocycles. The standard InChI is InChI=1S/C10H11ClO3/c1-3-14-10(12)7-5-4-6-8(11)9(7)13-2/h4-6H,3H2,1-2H3. The monoisotopic (exact) mass is 214 g/mol. The highest BCUT2D eigenvalue weighted by atomic mass is 35.5. The number of benzene rings is 1. The molecular formula is C10H11ClO3. The number of hydrogen-bond donors (Lipinski definition) is 0. The number of methoxy groups -OCH3 is 1. The molecule has 1 rings (SSSR count). The lowest BCUT2D eigenvalue weighted by molar-refractivity contribution is 0.0522. The molecule has 0 N–H and O–H groups in total. The predicted octanol–water partition coefficient (Wildman–Crippen LogP) is 2.53. The molecule has 4 heteroatoms. The molecule has 1 aromatic rings. The summed E-state index contributed by atoms with van der Waals surface area (Å²) in [5, 5.41) is 0.401. The smallest absolute Gasteiger partial charge is 0.341 e. The summed E-state index contributed by atoms with van der Waals surface area (Å²) in [6.45, 7) is 2.07. The van der Waals surface area contributed by atoms with E-state index in [1.54, 1.807) is 25.1 Å². The number of halogens is 1. The van der Waals surface area contributed by atoms with Crippen molar-refractivity contribution in [2.75, 3.05) is 13.7 Å². The fourth-order valence-electron chi connectivity index (χ4n) is 1.09. The molecule has 0 aliphatic heterocycles. The Hall–Kier alpha value is -1.22. The number of esters is 1. The number of carbonyl (C=O) groups excluding carboxylic acids is 1. The van der Waals surface area contributed by atoms with E-state index in [-0.39, 0.29) is 0 Å². The van der Waals surface area contributed by atoms with E-state index < -0.39 is 5.97 Å². The van der Waals surface area contributed by atoms with E-state index in [4.69, 9.17) is 21.1 Å². The Labute approximate surface area is 87.6 Å². The molecule has 0 saturated heterocycles. The summed E-state index contributed by atoms with van der Waals surface area (Å²) in [7, 11) is 1.46. The van der Waals surface area contributed by atoms with Gasteiger partial charge in [0.25, 0.3) is 0 Å². The van der Waals surface area contributed by atoms with Crippen molar-refractivity contribution in [1.82, 2.24) is 0 Å². The molecule has 0 atom stereocenters. The predicted molar refractivity (Wildman–Crippen MR) is 54.0 cm³/mol. The molecule has 0 bridgehead atoms. The maximum atomic E-state index is 11.4. The Kier molecular flexibility index (Phi) is 3.77. The normalized spacial score (nSPS) is 9.64. The Morgan fingerprint density at radius 2 is 2.21 bits per heavy atom. The summed E-state index contributed by atoms with van der Waals surface area (Å²) in [5.74, 6) is -0.0699. The second-order valence-corrected chi connectivity index (χ2v) is 2.95. The summed E-state index contributed by atoms with van der Waals surface area (Å²) in [5.41, 5.74) is 0.349. The van der Waals surface area contributed by atoms with E-state index in [1.165, 1.54) is 7.11 Å². The molecular weight excluding hydrogens is 204 g/mol. The van der Waals surface area contributed by atoms with E-state index in [9.17, 15) is 4.79 Å². The van der Waals surface area contributed by atoms with Gasteiger partial charge in [-0.1, -0.05) is 17.7 Å². The van der Waals surface area contributed by atoms with Gasteiger partial charge in [0.05, 0.1) is 18.7 Å². The first-order valence-electron chi connectivity index (χ1n) is 4.20. The third-order valence-corrected chi connectivity index (χ3v) is 1.96. The van der Waals surface area contributed by atoms with Gasteiger partial charge in [0.1, 0.15) is 5.56 Å². The van der Waals surface area contributed by atoms with Crippen LogP contribution in [0.1, 0.15) is 17.3 Å². The third kappa shape index (κ3) is 2.17. The van der Waals surface area contributed by atoms with Crippen LogP contribution in [0, 0.1) is 0 Å². The lowest BCUT2D eigenvalue weighted by Gasteiger charge is -2.08. The number of para-hydroxylation sites is 1. The molecule has 76 valence electrons. The quantitative estimate of drug-likeness (QED) is 0.726. The number of carbonyl (C=O) groups is 1. The van der Waals surface area contributed by atoms with Crippen molar-refractivity contribution in [1.29, 1.82) is 0 Å². The van der Waals surface area contributed by atoms with Gasteiger partial charge in [-0.25, -0.2) is 4.79 Å². The largest absolute Gasteiger partial charge is 0.494 e. The first kappa shape index (κ1) is 10.9. The average molecular weight is 215 g/mol. The Morgan fingerprint density at radius 1 is 1.50 bits per heavy atom. The summed E-state index contributed by atoms with van der Waals surface area (Å²) in [6, 6.07) is 4.95. The Balaban J connectivity index is 3.07. The lowest BCUT2D eigenvalue weighted by atomic mass is 10.2. The maximum Gasteiger partial charge on any atom is 0.341 e. The van der Waals surface area contributed by atoms with Crippen molar-refractivity contribution < 1.29 is 14.3 Å². The van der Waals surface area contributed by atoms with Gasteiger partial charge in [0.2, 0.25) is 0 Å². The van der Waals surface area contributed by atoms with Gasteiger partial charge < -0.3 is 9.47 Å². The van der Waals surface area contributed by atoms with Crippen LogP contribution in [0.5, 0.6) is 5.75 Å². The zero-order valence-electron chi connectivity index (χ0n) is 8.04. The van der Waals surface area contributed by atoms with Crippen LogP contribution in [-0.2, 0) is 4.74 Å². The van der Waals surface area contributed by atoms with Crippen molar-refractivity contribution in [2.24, 2.45) is 0 Å². The van der Waals surface area contributed by atoms with Crippen LogP contribution >= 0.6 is 11.6 Å². The fraction of sp³-hybridized carbons (Fsp3) is 0.300. The Morgan fingerprint density at radius 3 is 2.79 bits per heavy atom. The van der Waals surface area contributed by atoms with Crippen molar-refractivity contribution in [3.05, 3.63) is 28.8 Å². The average Bonchev–Trinajstić information content (AvgIpc) is 2.17. The highest BCUT2D eigenvalue weighted by molar-refractivity contribution is 6.32. The first-order chi connectivity index (χ1) is 6.70. The Bertz CT molecular complexity index is 336. The minimum absolute atomic E-state index is 0.328. The zero-order valence-corrected chi connectivity index (χ0v) is 8.80. The second-order valence-electron chi connectivity index (χ2n) is 2.54. The minimum atomic E-state index is -0.424. The van der Waals surface area contributed by atoms with E-state index in [0.29, 0.717) is 22.9 Å². The van der Waals surface area contributed by atoms with E-state index >= 15 is 0 Å². The van der Waals surface area contributed by atoms with Crippen LogP contribution < -0.4 is 4.74 Å². The number of rotatable bonds is 3. The van der Waals surface area contributed by atoms with Crippen LogP contribution in [0.4, 0.5) is 0 Å². The van der Waals surface area contributed by atoms with Crippen LogP contribution in [-0.4, -0.2) is 19.7 Å². The van der Waals surface area contributed by atoms with Crippen LogP contribution in [0.25, 0.3) is 0 Å². The summed E-state index contributed by atoms with van der Waals surface area (Å²) in [6.07, 6.45) is 0. The lowest BCUT2D eigenvalue weighted by Crippen LogP contribution is -2.06. The van der Waals surface area contributed by atoms with Crippen molar-refractivity contribution in [3.63, 3.8) is 0 Å². The SMILES string of the molecule is CCOC(=O)c1cccc(Cl)c1OC. The van der Waals surface area contributed by atoms with Crippen molar-refractivity contribution in [3.8, 4) is 5.75 Å². The molecule has 0 heterocycles. The molecule has 0 aliphatic carbocycles. The maximum absolute atomic E-state index is 11.4. The molecule has 3 nitrogen and oxygen atoms in total. The molecule has 0 unspecified atom stereocenters. The summed E-state index contributed by atoms with van der Waals surface area (Å²) < 4.78 is 9.86. The molecule has 0 radical (unpaired) electrons. The van der Waals surface area contributed by atoms with E-state index in [2.05, 4.69) is 0 Å². The molecule has 0 amide bonds. The van der Waals surface area contributed by atoms with Crippen molar-refractivity contribution in [2.45, 2.75) is 6.92 Å². The number of ether oxygens (including phenoxy) is 2. The topological polar surface area (TPSA) is 35.5 Å². The first-order valence-corrected chi connectivity index (χ1v) is 4.58. The van der Waals surface area contributed by atoms with Crippen LogP contribution in [0.15, 0.2) is 18.2 Å².